The fraction of sp³-hybridized carbons (Fsp3) is 0.385. The molecule has 0 aromatic heterocycles. The molecule has 0 saturated heterocycles. The largest absolute Gasteiger partial charge is 0.247 e. The van der Waals surface area contributed by atoms with E-state index in [-0.39, 0.29) is 6.67 Å². The van der Waals surface area contributed by atoms with Gasteiger partial charge in [0.15, 0.2) is 0 Å². The molecule has 1 aliphatic carbocycles. The third kappa shape index (κ3) is 1.59. The standard InChI is InChI=1S/C13H15F/c1-10-4-2-7-13-11(8-9-14)5-3-6-12(10)13/h2,4,7-8H,3,5-6,9H2,1H3/b11-8-. The summed E-state index contributed by atoms with van der Waals surface area (Å²) in [7, 11) is 0. The number of hydrogen-bond donors (Lipinski definition) is 0. The molecule has 0 fully saturated rings. The summed E-state index contributed by atoms with van der Waals surface area (Å²) in [5.74, 6) is 0. The quantitative estimate of drug-likeness (QED) is 0.633. The highest BCUT2D eigenvalue weighted by molar-refractivity contribution is 5.71. The molecule has 0 atom stereocenters. The molecule has 1 aromatic rings. The van der Waals surface area contributed by atoms with Gasteiger partial charge in [-0.1, -0.05) is 18.2 Å². The van der Waals surface area contributed by atoms with Crippen LogP contribution in [0.1, 0.15) is 29.5 Å². The van der Waals surface area contributed by atoms with Gasteiger partial charge in [-0.05, 0) is 54.5 Å². The smallest absolute Gasteiger partial charge is 0.108 e. The van der Waals surface area contributed by atoms with Crippen LogP contribution < -0.4 is 0 Å². The molecule has 0 aliphatic heterocycles. The average molecular weight is 190 g/mol. The zero-order valence-corrected chi connectivity index (χ0v) is 8.52. The van der Waals surface area contributed by atoms with Crippen molar-refractivity contribution in [3.63, 3.8) is 0 Å². The molecule has 0 amide bonds. The Hall–Kier alpha value is -1.11. The minimum Gasteiger partial charge on any atom is -0.247 e. The summed E-state index contributed by atoms with van der Waals surface area (Å²) in [6.45, 7) is 1.79. The van der Waals surface area contributed by atoms with Crippen LogP contribution in [0.5, 0.6) is 0 Å². The first kappa shape index (κ1) is 9.45. The number of aryl methyl sites for hydroxylation is 1. The van der Waals surface area contributed by atoms with Crippen molar-refractivity contribution in [2.75, 3.05) is 6.67 Å². The van der Waals surface area contributed by atoms with Crippen molar-refractivity contribution in [1.82, 2.24) is 0 Å². The van der Waals surface area contributed by atoms with E-state index in [4.69, 9.17) is 0 Å². The number of allylic oxidation sites excluding steroid dienone is 2. The maximum Gasteiger partial charge on any atom is 0.108 e. The van der Waals surface area contributed by atoms with Crippen LogP contribution in [0, 0.1) is 6.92 Å². The SMILES string of the molecule is Cc1cccc2c1CCC/C2=C/CF. The lowest BCUT2D eigenvalue weighted by molar-refractivity contribution is 0.561. The summed E-state index contributed by atoms with van der Waals surface area (Å²) in [6.07, 6.45) is 5.05. The lowest BCUT2D eigenvalue weighted by atomic mass is 9.85. The minimum absolute atomic E-state index is 0.345. The molecule has 0 spiro atoms. The second kappa shape index (κ2) is 3.95. The van der Waals surface area contributed by atoms with E-state index < -0.39 is 0 Å². The molecule has 1 aliphatic rings. The molecule has 0 heterocycles. The maximum atomic E-state index is 12.3. The van der Waals surface area contributed by atoms with Crippen LogP contribution in [0.2, 0.25) is 0 Å². The summed E-state index contributed by atoms with van der Waals surface area (Å²) < 4.78 is 12.3. The van der Waals surface area contributed by atoms with Gasteiger partial charge >= 0.3 is 0 Å². The lowest BCUT2D eigenvalue weighted by Gasteiger charge is -2.20. The normalized spacial score (nSPS) is 18.3. The monoisotopic (exact) mass is 190 g/mol. The van der Waals surface area contributed by atoms with Crippen LogP contribution in [-0.4, -0.2) is 6.67 Å². The lowest BCUT2D eigenvalue weighted by Crippen LogP contribution is -2.03. The van der Waals surface area contributed by atoms with E-state index in [0.29, 0.717) is 0 Å². The number of alkyl halides is 1. The zero-order valence-electron chi connectivity index (χ0n) is 8.52. The average Bonchev–Trinajstić information content (AvgIpc) is 2.20. The third-order valence-corrected chi connectivity index (χ3v) is 2.95. The first-order valence-corrected chi connectivity index (χ1v) is 5.17. The van der Waals surface area contributed by atoms with Crippen LogP contribution in [-0.2, 0) is 6.42 Å². The molecule has 0 saturated carbocycles. The molecule has 74 valence electrons. The van der Waals surface area contributed by atoms with Gasteiger partial charge in [0.2, 0.25) is 0 Å². The van der Waals surface area contributed by atoms with Crippen molar-refractivity contribution >= 4 is 5.57 Å². The van der Waals surface area contributed by atoms with Crippen LogP contribution in [0.4, 0.5) is 4.39 Å². The van der Waals surface area contributed by atoms with Crippen LogP contribution in [0.25, 0.3) is 5.57 Å². The van der Waals surface area contributed by atoms with Gasteiger partial charge in [0.25, 0.3) is 0 Å². The highest BCUT2D eigenvalue weighted by Gasteiger charge is 2.14. The first-order valence-electron chi connectivity index (χ1n) is 5.17. The zero-order chi connectivity index (χ0) is 9.97. The Morgan fingerprint density at radius 1 is 1.36 bits per heavy atom. The van der Waals surface area contributed by atoms with Crippen molar-refractivity contribution in [2.24, 2.45) is 0 Å². The predicted octanol–water partition coefficient (Wildman–Crippen LogP) is 3.68. The fourth-order valence-corrected chi connectivity index (χ4v) is 2.23. The Balaban J connectivity index is 2.50. The predicted molar refractivity (Wildman–Crippen MR) is 58.1 cm³/mol. The Kier molecular flexibility index (Phi) is 2.67. The number of hydrogen-bond acceptors (Lipinski definition) is 0. The van der Waals surface area contributed by atoms with E-state index in [1.807, 2.05) is 0 Å². The Morgan fingerprint density at radius 2 is 2.21 bits per heavy atom. The maximum absolute atomic E-state index is 12.3. The van der Waals surface area contributed by atoms with Crippen molar-refractivity contribution in [3.05, 3.63) is 41.0 Å². The van der Waals surface area contributed by atoms with Gasteiger partial charge in [-0.3, -0.25) is 0 Å². The van der Waals surface area contributed by atoms with Gasteiger partial charge in [0.1, 0.15) is 6.67 Å². The Bertz CT molecular complexity index is 363. The molecule has 0 nitrogen and oxygen atoms in total. The number of benzene rings is 1. The molecule has 0 unspecified atom stereocenters. The van der Waals surface area contributed by atoms with E-state index in [1.54, 1.807) is 6.08 Å². The van der Waals surface area contributed by atoms with Crippen molar-refractivity contribution < 1.29 is 4.39 Å². The van der Waals surface area contributed by atoms with Crippen molar-refractivity contribution in [1.29, 1.82) is 0 Å². The van der Waals surface area contributed by atoms with E-state index in [1.165, 1.54) is 22.3 Å². The minimum atomic E-state index is -0.345. The number of fused-ring (bicyclic) bond motifs is 1. The van der Waals surface area contributed by atoms with Crippen molar-refractivity contribution in [3.8, 4) is 0 Å². The summed E-state index contributed by atoms with van der Waals surface area (Å²) >= 11 is 0. The summed E-state index contributed by atoms with van der Waals surface area (Å²) in [4.78, 5) is 0. The highest BCUT2D eigenvalue weighted by Crippen LogP contribution is 2.32. The highest BCUT2D eigenvalue weighted by atomic mass is 19.1. The van der Waals surface area contributed by atoms with Gasteiger partial charge < -0.3 is 0 Å². The van der Waals surface area contributed by atoms with Gasteiger partial charge in [0.05, 0.1) is 0 Å². The first-order chi connectivity index (χ1) is 6.83. The van der Waals surface area contributed by atoms with Crippen LogP contribution >= 0.6 is 0 Å². The van der Waals surface area contributed by atoms with Gasteiger partial charge in [0, 0.05) is 0 Å². The molecule has 2 rings (SSSR count). The second-order valence-corrected chi connectivity index (χ2v) is 3.84. The topological polar surface area (TPSA) is 0 Å². The van der Waals surface area contributed by atoms with Gasteiger partial charge in [-0.2, -0.15) is 0 Å². The summed E-state index contributed by atoms with van der Waals surface area (Å²) in [5, 5.41) is 0. The molecular formula is C13H15F. The Labute approximate surface area is 84.5 Å². The third-order valence-electron chi connectivity index (χ3n) is 2.95. The summed E-state index contributed by atoms with van der Waals surface area (Å²) in [6, 6.07) is 6.31. The van der Waals surface area contributed by atoms with Crippen LogP contribution in [0.3, 0.4) is 0 Å². The second-order valence-electron chi connectivity index (χ2n) is 3.84. The molecule has 0 bridgehead atoms. The molecule has 0 N–H and O–H groups in total. The van der Waals surface area contributed by atoms with Gasteiger partial charge in [-0.15, -0.1) is 0 Å². The molecule has 14 heavy (non-hydrogen) atoms. The molecular weight excluding hydrogens is 175 g/mol. The fourth-order valence-electron chi connectivity index (χ4n) is 2.23. The van der Waals surface area contributed by atoms with E-state index in [9.17, 15) is 4.39 Å². The number of halogens is 1. The van der Waals surface area contributed by atoms with Crippen molar-refractivity contribution in [2.45, 2.75) is 26.2 Å². The van der Waals surface area contributed by atoms with E-state index in [0.717, 1.165) is 19.3 Å². The number of rotatable bonds is 1. The van der Waals surface area contributed by atoms with E-state index in [2.05, 4.69) is 25.1 Å². The molecule has 1 heteroatoms. The molecule has 0 radical (unpaired) electrons. The Morgan fingerprint density at radius 3 is 3.00 bits per heavy atom. The van der Waals surface area contributed by atoms with Crippen LogP contribution in [0.15, 0.2) is 24.3 Å². The summed E-state index contributed by atoms with van der Waals surface area (Å²) in [5.41, 5.74) is 5.22. The molecule has 1 aromatic carbocycles. The van der Waals surface area contributed by atoms with Gasteiger partial charge in [-0.25, -0.2) is 4.39 Å². The van der Waals surface area contributed by atoms with E-state index >= 15 is 0 Å².